The van der Waals surface area contributed by atoms with Crippen LogP contribution in [-0.4, -0.2) is 0 Å². The summed E-state index contributed by atoms with van der Waals surface area (Å²) in [5.74, 6) is 0.949. The summed E-state index contributed by atoms with van der Waals surface area (Å²) >= 11 is 0. The molecule has 0 rings (SSSR count). The average molecular weight is 100 g/mol. The van der Waals surface area contributed by atoms with E-state index in [4.69, 9.17) is 0 Å². The van der Waals surface area contributed by atoms with Crippen LogP contribution in [0.1, 0.15) is 40.0 Å². The van der Waals surface area contributed by atoms with E-state index in [1.165, 1.54) is 19.3 Å². The Balaban J connectivity index is 2.83. The first-order chi connectivity index (χ1) is 3.31. The van der Waals surface area contributed by atoms with Crippen molar-refractivity contribution < 1.29 is 0 Å². The summed E-state index contributed by atoms with van der Waals surface area (Å²) in [7, 11) is 0. The van der Waals surface area contributed by atoms with E-state index in [0.29, 0.717) is 0 Å². The van der Waals surface area contributed by atoms with Crippen molar-refractivity contribution in [2.45, 2.75) is 40.0 Å². The summed E-state index contributed by atoms with van der Waals surface area (Å²) in [5, 5.41) is 0. The first-order valence-corrected chi connectivity index (χ1v) is 3.31. The highest BCUT2D eigenvalue weighted by Crippen LogP contribution is 2.07. The molecule has 0 aliphatic rings. The Morgan fingerprint density at radius 2 is 1.86 bits per heavy atom. The van der Waals surface area contributed by atoms with Gasteiger partial charge in [-0.3, -0.25) is 0 Å². The third kappa shape index (κ3) is 3.84. The second kappa shape index (κ2) is 4.17. The fourth-order valence-corrected chi connectivity index (χ4v) is 0.697. The predicted molar refractivity (Wildman–Crippen MR) is 34.4 cm³/mol. The molecule has 0 aromatic heterocycles. The van der Waals surface area contributed by atoms with E-state index in [2.05, 4.69) is 20.8 Å². The lowest BCUT2D eigenvalue weighted by Gasteiger charge is -2.02. The van der Waals surface area contributed by atoms with E-state index < -0.39 is 0 Å². The van der Waals surface area contributed by atoms with Gasteiger partial charge >= 0.3 is 0 Å². The lowest BCUT2D eigenvalue weighted by atomic mass is 10.0. The first kappa shape index (κ1) is 7.00. The van der Waals surface area contributed by atoms with Gasteiger partial charge in [0.05, 0.1) is 0 Å². The zero-order valence-electron chi connectivity index (χ0n) is 5.70. The lowest BCUT2D eigenvalue weighted by Crippen LogP contribution is -1.88. The molecule has 0 aliphatic heterocycles. The molecule has 0 saturated heterocycles. The molecule has 0 fully saturated rings. The van der Waals surface area contributed by atoms with Gasteiger partial charge in [0, 0.05) is 0 Å². The van der Waals surface area contributed by atoms with Gasteiger partial charge in [0.1, 0.15) is 0 Å². The quantitative estimate of drug-likeness (QED) is 0.511. The fourth-order valence-electron chi connectivity index (χ4n) is 0.697. The molecule has 0 heteroatoms. The monoisotopic (exact) mass is 100 g/mol. The Morgan fingerprint density at radius 3 is 2.00 bits per heavy atom. The van der Waals surface area contributed by atoms with Crippen LogP contribution >= 0.6 is 0 Å². The van der Waals surface area contributed by atoms with E-state index in [0.717, 1.165) is 5.92 Å². The van der Waals surface area contributed by atoms with Crippen molar-refractivity contribution >= 4 is 0 Å². The maximum Gasteiger partial charge on any atom is -0.0446 e. The van der Waals surface area contributed by atoms with Gasteiger partial charge in [0.2, 0.25) is 0 Å². The third-order valence-corrected chi connectivity index (χ3v) is 1.48. The molecule has 1 atom stereocenters. The van der Waals surface area contributed by atoms with Gasteiger partial charge in [0.25, 0.3) is 0 Å². The molecule has 0 saturated carbocycles. The maximum atomic E-state index is 2.31. The first-order valence-electron chi connectivity index (χ1n) is 3.31. The van der Waals surface area contributed by atoms with Crippen molar-refractivity contribution in [1.82, 2.24) is 0 Å². The largest absolute Gasteiger partial charge is 0.0654 e. The van der Waals surface area contributed by atoms with Crippen LogP contribution in [0.3, 0.4) is 0 Å². The Morgan fingerprint density at radius 1 is 1.29 bits per heavy atom. The zero-order chi connectivity index (χ0) is 5.70. The minimum absolute atomic E-state index is 0.949. The minimum Gasteiger partial charge on any atom is -0.0654 e. The predicted octanol–water partition coefficient (Wildman–Crippen LogP) is 2.83. The van der Waals surface area contributed by atoms with E-state index in [9.17, 15) is 0 Å². The Hall–Kier alpha value is 0. The van der Waals surface area contributed by atoms with E-state index >= 15 is 0 Å². The highest BCUT2D eigenvalue weighted by molar-refractivity contribution is 4.45. The van der Waals surface area contributed by atoms with Crippen molar-refractivity contribution in [3.8, 4) is 0 Å². The molecule has 0 spiro atoms. The second-order valence-electron chi connectivity index (χ2n) is 2.30. The van der Waals surface area contributed by atoms with Crippen molar-refractivity contribution in [1.29, 1.82) is 0 Å². The molecular weight excluding hydrogens is 84.1 g/mol. The Kier molecular flexibility index (Phi) is 4.17. The minimum atomic E-state index is 0.949. The molecule has 44 valence electrons. The number of rotatable bonds is 3. The summed E-state index contributed by atoms with van der Waals surface area (Å²) in [6, 6.07) is 0. The highest BCUT2D eigenvalue weighted by Gasteiger charge is 1.92. The van der Waals surface area contributed by atoms with Crippen LogP contribution in [0.5, 0.6) is 0 Å². The SMILES string of the molecule is CCC[C@@H](C)CC. The summed E-state index contributed by atoms with van der Waals surface area (Å²) < 4.78 is 0. The topological polar surface area (TPSA) is 0 Å². The molecule has 0 heterocycles. The molecule has 0 N–H and O–H groups in total. The summed E-state index contributed by atoms with van der Waals surface area (Å²) in [6.45, 7) is 6.80. The van der Waals surface area contributed by atoms with Crippen LogP contribution in [0, 0.1) is 5.92 Å². The molecule has 0 aromatic carbocycles. The van der Waals surface area contributed by atoms with Gasteiger partial charge in [0.15, 0.2) is 0 Å². The molecule has 7 heavy (non-hydrogen) atoms. The standard InChI is InChI=1S/C7H16/c1-4-6-7(3)5-2/h7H,4-6H2,1-3H3/t7-/m0/s1. The van der Waals surface area contributed by atoms with Crippen LogP contribution < -0.4 is 0 Å². The highest BCUT2D eigenvalue weighted by atomic mass is 14.0. The van der Waals surface area contributed by atoms with Crippen molar-refractivity contribution in [3.05, 3.63) is 0 Å². The fraction of sp³-hybridized carbons (Fsp3) is 1.00. The lowest BCUT2D eigenvalue weighted by molar-refractivity contribution is 0.509. The van der Waals surface area contributed by atoms with E-state index in [-0.39, 0.29) is 0 Å². The zero-order valence-corrected chi connectivity index (χ0v) is 5.70. The van der Waals surface area contributed by atoms with Gasteiger partial charge in [-0.2, -0.15) is 0 Å². The summed E-state index contributed by atoms with van der Waals surface area (Å²) in [4.78, 5) is 0. The van der Waals surface area contributed by atoms with Crippen LogP contribution in [0.25, 0.3) is 0 Å². The molecule has 0 bridgehead atoms. The van der Waals surface area contributed by atoms with Gasteiger partial charge < -0.3 is 0 Å². The third-order valence-electron chi connectivity index (χ3n) is 1.48. The van der Waals surface area contributed by atoms with Crippen LogP contribution in [0.2, 0.25) is 0 Å². The van der Waals surface area contributed by atoms with Crippen molar-refractivity contribution in [3.63, 3.8) is 0 Å². The smallest absolute Gasteiger partial charge is 0.0446 e. The Bertz CT molecular complexity index is 31.0. The van der Waals surface area contributed by atoms with E-state index in [1.807, 2.05) is 0 Å². The molecule has 0 unspecified atom stereocenters. The normalized spacial score (nSPS) is 14.1. The van der Waals surface area contributed by atoms with Gasteiger partial charge in [-0.1, -0.05) is 40.0 Å². The summed E-state index contributed by atoms with van der Waals surface area (Å²) in [6.07, 6.45) is 4.08. The molecule has 0 amide bonds. The van der Waals surface area contributed by atoms with Gasteiger partial charge in [-0.15, -0.1) is 0 Å². The van der Waals surface area contributed by atoms with Crippen molar-refractivity contribution in [2.75, 3.05) is 0 Å². The molecule has 0 radical (unpaired) electrons. The van der Waals surface area contributed by atoms with Gasteiger partial charge in [-0.25, -0.2) is 0 Å². The molecule has 0 aromatic rings. The summed E-state index contributed by atoms with van der Waals surface area (Å²) in [5.41, 5.74) is 0. The van der Waals surface area contributed by atoms with Crippen LogP contribution in [0.15, 0.2) is 0 Å². The molecular formula is C7H16. The number of hydrogen-bond donors (Lipinski definition) is 0. The van der Waals surface area contributed by atoms with Crippen LogP contribution in [-0.2, 0) is 0 Å². The number of hydrogen-bond acceptors (Lipinski definition) is 0. The maximum absolute atomic E-state index is 2.31. The Labute approximate surface area is 46.9 Å². The van der Waals surface area contributed by atoms with Crippen molar-refractivity contribution in [2.24, 2.45) is 5.92 Å². The second-order valence-corrected chi connectivity index (χ2v) is 2.30. The molecule has 0 aliphatic carbocycles. The van der Waals surface area contributed by atoms with E-state index in [1.54, 1.807) is 0 Å². The van der Waals surface area contributed by atoms with Crippen LogP contribution in [0.4, 0.5) is 0 Å². The molecule has 0 nitrogen and oxygen atoms in total. The van der Waals surface area contributed by atoms with Gasteiger partial charge in [-0.05, 0) is 5.92 Å². The average Bonchev–Trinajstić information content (AvgIpc) is 1.68.